The predicted molar refractivity (Wildman–Crippen MR) is 32.4 cm³/mol. The van der Waals surface area contributed by atoms with Gasteiger partial charge in [0.05, 0.1) is 0 Å². The molecular weight excluding hydrogens is 127 g/mol. The van der Waals surface area contributed by atoms with Crippen molar-refractivity contribution in [3.63, 3.8) is 0 Å². The molecule has 2 unspecified atom stereocenters. The molecule has 0 radical (unpaired) electrons. The van der Waals surface area contributed by atoms with E-state index >= 15 is 0 Å². The van der Waals surface area contributed by atoms with Crippen LogP contribution in [0.5, 0.6) is 0 Å². The Kier molecular flexibility index (Phi) is 5.39. The van der Waals surface area contributed by atoms with Crippen molar-refractivity contribution in [2.24, 2.45) is 0 Å². The zero-order chi connectivity index (χ0) is 6.41. The highest BCUT2D eigenvalue weighted by Crippen LogP contribution is 2.04. The summed E-state index contributed by atoms with van der Waals surface area (Å²) < 4.78 is 14.1. The fraction of sp³-hybridized carbons (Fsp3) is 1.00. The molecule has 50 valence electrons. The van der Waals surface area contributed by atoms with Crippen molar-refractivity contribution in [3.05, 3.63) is 0 Å². The number of rotatable bonds is 4. The van der Waals surface area contributed by atoms with Gasteiger partial charge in [-0.15, -0.1) is 0 Å². The molecule has 0 aromatic carbocycles. The summed E-state index contributed by atoms with van der Waals surface area (Å²) in [5.41, 5.74) is 0. The van der Waals surface area contributed by atoms with Crippen molar-refractivity contribution in [2.75, 3.05) is 0 Å². The molecule has 0 heterocycles. The number of hydrogen-bond donors (Lipinski definition) is 1. The zero-order valence-electron chi connectivity index (χ0n) is 4.83. The van der Waals surface area contributed by atoms with Crippen LogP contribution in [0.15, 0.2) is 0 Å². The van der Waals surface area contributed by atoms with Gasteiger partial charge in [-0.05, 0) is 6.42 Å². The van der Waals surface area contributed by atoms with Crippen molar-refractivity contribution in [3.8, 4) is 0 Å². The maximum Gasteiger partial charge on any atom is 0.182 e. The largest absolute Gasteiger partial charge is 0.368 e. The molecular formula is C4H11O3P. The minimum atomic E-state index is -1.25. The fourth-order valence-corrected chi connectivity index (χ4v) is 0.643. The Labute approximate surface area is 49.9 Å². The summed E-state index contributed by atoms with van der Waals surface area (Å²) >= 11 is 0. The monoisotopic (exact) mass is 138 g/mol. The highest BCUT2D eigenvalue weighted by Gasteiger charge is 1.97. The van der Waals surface area contributed by atoms with Crippen molar-refractivity contribution < 1.29 is 14.2 Å². The van der Waals surface area contributed by atoms with Crippen LogP contribution in [0, 0.1) is 0 Å². The molecule has 3 nitrogen and oxygen atoms in total. The average Bonchev–Trinajstić information content (AvgIpc) is 1.68. The molecule has 2 atom stereocenters. The molecule has 0 fully saturated rings. The van der Waals surface area contributed by atoms with Gasteiger partial charge in [-0.1, -0.05) is 13.3 Å². The van der Waals surface area contributed by atoms with Crippen molar-refractivity contribution in [1.29, 1.82) is 0 Å². The molecule has 0 saturated carbocycles. The first-order valence-electron chi connectivity index (χ1n) is 2.58. The lowest BCUT2D eigenvalue weighted by atomic mass is 10.3. The molecule has 0 amide bonds. The van der Waals surface area contributed by atoms with Crippen LogP contribution >= 0.6 is 8.69 Å². The predicted octanol–water partition coefficient (Wildman–Crippen LogP) is 0.793. The van der Waals surface area contributed by atoms with E-state index < -0.39 is 15.0 Å². The standard InChI is InChI=1S/C4H11O3P/c1-2-3-4(5)7-8-6/h4-5H,2-3,8H2,1H3. The lowest BCUT2D eigenvalue weighted by molar-refractivity contribution is -0.0136. The Morgan fingerprint density at radius 1 is 1.88 bits per heavy atom. The second kappa shape index (κ2) is 5.29. The lowest BCUT2D eigenvalue weighted by Crippen LogP contribution is -2.03. The molecule has 0 spiro atoms. The molecule has 0 aliphatic carbocycles. The molecule has 0 saturated heterocycles. The van der Waals surface area contributed by atoms with Crippen LogP contribution < -0.4 is 0 Å². The highest BCUT2D eigenvalue weighted by molar-refractivity contribution is 7.17. The van der Waals surface area contributed by atoms with E-state index in [9.17, 15) is 4.57 Å². The van der Waals surface area contributed by atoms with Gasteiger partial charge in [-0.25, -0.2) is 0 Å². The lowest BCUT2D eigenvalue weighted by Gasteiger charge is -2.02. The van der Waals surface area contributed by atoms with Crippen LogP contribution in [-0.2, 0) is 9.09 Å². The van der Waals surface area contributed by atoms with Crippen LogP contribution in [0.3, 0.4) is 0 Å². The van der Waals surface area contributed by atoms with Gasteiger partial charge in [-0.2, -0.15) is 0 Å². The molecule has 1 N–H and O–H groups in total. The summed E-state index contributed by atoms with van der Waals surface area (Å²) in [6, 6.07) is 0. The normalized spacial score (nSPS) is 15.2. The zero-order valence-corrected chi connectivity index (χ0v) is 5.99. The minimum Gasteiger partial charge on any atom is -0.368 e. The van der Waals surface area contributed by atoms with Gasteiger partial charge in [0.1, 0.15) is 0 Å². The molecule has 0 aliphatic heterocycles. The molecule has 8 heavy (non-hydrogen) atoms. The Morgan fingerprint density at radius 3 is 2.88 bits per heavy atom. The summed E-state index contributed by atoms with van der Waals surface area (Å²) in [6.45, 7) is 1.92. The molecule has 4 heteroatoms. The van der Waals surface area contributed by atoms with Crippen LogP contribution in [0.25, 0.3) is 0 Å². The Balaban J connectivity index is 3.03. The van der Waals surface area contributed by atoms with Crippen LogP contribution in [0.2, 0.25) is 0 Å². The molecule has 0 aromatic rings. The summed E-state index contributed by atoms with van der Waals surface area (Å²) in [4.78, 5) is 0. The van der Waals surface area contributed by atoms with Gasteiger partial charge < -0.3 is 9.63 Å². The number of aliphatic hydroxyl groups is 1. The smallest absolute Gasteiger partial charge is 0.182 e. The third kappa shape index (κ3) is 4.31. The molecule has 0 rings (SSSR count). The molecule has 0 aliphatic rings. The average molecular weight is 138 g/mol. The van der Waals surface area contributed by atoms with Crippen LogP contribution in [-0.4, -0.2) is 11.4 Å². The van der Waals surface area contributed by atoms with Crippen molar-refractivity contribution in [1.82, 2.24) is 0 Å². The van der Waals surface area contributed by atoms with E-state index in [1.807, 2.05) is 6.92 Å². The SMILES string of the molecule is CCCC(O)O[PH2]=O. The Bertz CT molecular complexity index is 66.3. The molecule has 0 bridgehead atoms. The van der Waals surface area contributed by atoms with E-state index in [0.29, 0.717) is 6.42 Å². The summed E-state index contributed by atoms with van der Waals surface area (Å²) in [6.07, 6.45) is 0.600. The van der Waals surface area contributed by atoms with Gasteiger partial charge in [0.2, 0.25) is 0 Å². The van der Waals surface area contributed by atoms with Crippen LogP contribution in [0.4, 0.5) is 0 Å². The minimum absolute atomic E-state index is 0.565. The first-order valence-corrected chi connectivity index (χ1v) is 3.52. The van der Waals surface area contributed by atoms with E-state index in [0.717, 1.165) is 6.42 Å². The molecule has 0 aromatic heterocycles. The third-order valence-corrected chi connectivity index (χ3v) is 1.17. The fourth-order valence-electron chi connectivity index (χ4n) is 0.379. The van der Waals surface area contributed by atoms with Crippen molar-refractivity contribution in [2.45, 2.75) is 26.1 Å². The summed E-state index contributed by atoms with van der Waals surface area (Å²) in [5, 5.41) is 8.65. The number of hydrogen-bond acceptors (Lipinski definition) is 3. The first-order chi connectivity index (χ1) is 3.81. The Hall–Kier alpha value is 0.150. The van der Waals surface area contributed by atoms with Crippen LogP contribution in [0.1, 0.15) is 19.8 Å². The van der Waals surface area contributed by atoms with E-state index in [1.54, 1.807) is 0 Å². The van der Waals surface area contributed by atoms with Gasteiger partial charge in [0.25, 0.3) is 0 Å². The number of aliphatic hydroxyl groups excluding tert-OH is 1. The maximum atomic E-state index is 9.72. The third-order valence-electron chi connectivity index (χ3n) is 0.748. The maximum absolute atomic E-state index is 9.72. The van der Waals surface area contributed by atoms with Gasteiger partial charge >= 0.3 is 0 Å². The van der Waals surface area contributed by atoms with Gasteiger partial charge in [0.15, 0.2) is 15.0 Å². The van der Waals surface area contributed by atoms with E-state index in [2.05, 4.69) is 4.52 Å². The van der Waals surface area contributed by atoms with E-state index in [1.165, 1.54) is 0 Å². The van der Waals surface area contributed by atoms with E-state index in [-0.39, 0.29) is 0 Å². The summed E-state index contributed by atoms with van der Waals surface area (Å²) in [7, 11) is -1.25. The second-order valence-corrected chi connectivity index (χ2v) is 1.94. The summed E-state index contributed by atoms with van der Waals surface area (Å²) in [5.74, 6) is 0. The Morgan fingerprint density at radius 2 is 2.50 bits per heavy atom. The topological polar surface area (TPSA) is 46.5 Å². The van der Waals surface area contributed by atoms with Gasteiger partial charge in [-0.3, -0.25) is 4.57 Å². The second-order valence-electron chi connectivity index (χ2n) is 1.48. The van der Waals surface area contributed by atoms with Crippen molar-refractivity contribution >= 4 is 8.69 Å². The first kappa shape index (κ1) is 8.15. The highest BCUT2D eigenvalue weighted by atomic mass is 31.1. The quantitative estimate of drug-likeness (QED) is 0.461. The van der Waals surface area contributed by atoms with E-state index in [4.69, 9.17) is 5.11 Å². The van der Waals surface area contributed by atoms with Gasteiger partial charge in [0, 0.05) is 0 Å².